The van der Waals surface area contributed by atoms with Gasteiger partial charge in [0.2, 0.25) is 5.91 Å². The number of carbonyl (C=O) groups is 1. The minimum atomic E-state index is -0.0696. The number of carbonyl (C=O) groups excluding carboxylic acids is 1. The molecule has 0 atom stereocenters. The van der Waals surface area contributed by atoms with Crippen molar-refractivity contribution in [1.29, 1.82) is 0 Å². The first-order valence-corrected chi connectivity index (χ1v) is 10.2. The molecular weight excluding hydrogens is 421 g/mol. The third-order valence-corrected chi connectivity index (χ3v) is 5.06. The van der Waals surface area contributed by atoms with E-state index in [1.165, 1.54) is 11.8 Å². The monoisotopic (exact) mass is 437 g/mol. The SMILES string of the molecule is CCOc1cc(/C=N/N=C2/NC(=O)CS2)ccc1OCc1ccc(Cl)cc1Cl. The predicted molar refractivity (Wildman–Crippen MR) is 114 cm³/mol. The van der Waals surface area contributed by atoms with Gasteiger partial charge in [-0.15, -0.1) is 5.10 Å². The minimum absolute atomic E-state index is 0.0696. The van der Waals surface area contributed by atoms with Crippen LogP contribution in [0.2, 0.25) is 10.0 Å². The summed E-state index contributed by atoms with van der Waals surface area (Å²) < 4.78 is 11.5. The third kappa shape index (κ3) is 5.64. The molecule has 1 N–H and O–H groups in total. The number of amidine groups is 1. The molecule has 1 saturated heterocycles. The molecule has 0 saturated carbocycles. The molecule has 6 nitrogen and oxygen atoms in total. The molecule has 9 heteroatoms. The number of hydrogen-bond acceptors (Lipinski definition) is 6. The highest BCUT2D eigenvalue weighted by Gasteiger charge is 2.16. The van der Waals surface area contributed by atoms with Crippen molar-refractivity contribution in [2.45, 2.75) is 13.5 Å². The van der Waals surface area contributed by atoms with Gasteiger partial charge in [0.25, 0.3) is 0 Å². The lowest BCUT2D eigenvalue weighted by Crippen LogP contribution is -2.19. The van der Waals surface area contributed by atoms with Crippen molar-refractivity contribution < 1.29 is 14.3 Å². The van der Waals surface area contributed by atoms with Crippen LogP contribution in [0.15, 0.2) is 46.6 Å². The Hall–Kier alpha value is -2.22. The van der Waals surface area contributed by atoms with Gasteiger partial charge in [-0.2, -0.15) is 5.10 Å². The summed E-state index contributed by atoms with van der Waals surface area (Å²) in [6, 6.07) is 10.7. The zero-order chi connectivity index (χ0) is 19.9. The van der Waals surface area contributed by atoms with Crippen LogP contribution in [0.1, 0.15) is 18.1 Å². The summed E-state index contributed by atoms with van der Waals surface area (Å²) in [5.41, 5.74) is 1.62. The Morgan fingerprint density at radius 1 is 1.18 bits per heavy atom. The average Bonchev–Trinajstić information content (AvgIpc) is 3.08. The first-order valence-electron chi connectivity index (χ1n) is 8.42. The lowest BCUT2D eigenvalue weighted by molar-refractivity contribution is -0.116. The summed E-state index contributed by atoms with van der Waals surface area (Å²) in [6.45, 7) is 2.67. The maximum atomic E-state index is 11.1. The Bertz CT molecular complexity index is 935. The summed E-state index contributed by atoms with van der Waals surface area (Å²) in [4.78, 5) is 11.1. The van der Waals surface area contributed by atoms with Crippen molar-refractivity contribution in [3.05, 3.63) is 57.6 Å². The maximum absolute atomic E-state index is 11.1. The molecule has 1 amide bonds. The van der Waals surface area contributed by atoms with Crippen LogP contribution in [0.4, 0.5) is 0 Å². The number of hydrogen-bond donors (Lipinski definition) is 1. The number of benzene rings is 2. The first-order chi connectivity index (χ1) is 13.5. The van der Waals surface area contributed by atoms with E-state index in [4.69, 9.17) is 32.7 Å². The number of ether oxygens (including phenoxy) is 2. The van der Waals surface area contributed by atoms with Crippen LogP contribution >= 0.6 is 35.0 Å². The molecule has 1 aliphatic rings. The summed E-state index contributed by atoms with van der Waals surface area (Å²) >= 11 is 13.4. The Morgan fingerprint density at radius 2 is 2.04 bits per heavy atom. The van der Waals surface area contributed by atoms with Crippen LogP contribution in [0, 0.1) is 0 Å². The third-order valence-electron chi connectivity index (χ3n) is 3.61. The van der Waals surface area contributed by atoms with Crippen LogP contribution in [-0.2, 0) is 11.4 Å². The molecule has 146 valence electrons. The van der Waals surface area contributed by atoms with Crippen LogP contribution in [0.3, 0.4) is 0 Å². The molecule has 28 heavy (non-hydrogen) atoms. The summed E-state index contributed by atoms with van der Waals surface area (Å²) in [5.74, 6) is 1.48. The van der Waals surface area contributed by atoms with Gasteiger partial charge >= 0.3 is 0 Å². The van der Waals surface area contributed by atoms with E-state index < -0.39 is 0 Å². The van der Waals surface area contributed by atoms with Gasteiger partial charge in [-0.3, -0.25) is 4.79 Å². The number of nitrogens with one attached hydrogen (secondary N) is 1. The van der Waals surface area contributed by atoms with Crippen LogP contribution < -0.4 is 14.8 Å². The summed E-state index contributed by atoms with van der Waals surface area (Å²) in [7, 11) is 0. The quantitative estimate of drug-likeness (QED) is 0.510. The Morgan fingerprint density at radius 3 is 2.75 bits per heavy atom. The van der Waals surface area contributed by atoms with Crippen molar-refractivity contribution in [3.63, 3.8) is 0 Å². The Kier molecular flexibility index (Phi) is 7.19. The van der Waals surface area contributed by atoms with Crippen molar-refractivity contribution in [3.8, 4) is 11.5 Å². The highest BCUT2D eigenvalue weighted by atomic mass is 35.5. The average molecular weight is 438 g/mol. The van der Waals surface area contributed by atoms with Crippen molar-refractivity contribution in [2.75, 3.05) is 12.4 Å². The number of thioether (sulfide) groups is 1. The molecule has 2 aromatic rings. The van der Waals surface area contributed by atoms with Gasteiger partial charge in [-0.05, 0) is 42.8 Å². The van der Waals surface area contributed by atoms with Gasteiger partial charge in [0.15, 0.2) is 16.7 Å². The first kappa shape index (κ1) is 20.5. The van der Waals surface area contributed by atoms with Crippen molar-refractivity contribution in [1.82, 2.24) is 5.32 Å². The summed E-state index contributed by atoms with van der Waals surface area (Å²) in [5, 5.41) is 12.2. The van der Waals surface area contributed by atoms with E-state index in [2.05, 4.69) is 15.5 Å². The van der Waals surface area contributed by atoms with Crippen molar-refractivity contribution >= 4 is 52.3 Å². The van der Waals surface area contributed by atoms with Gasteiger partial charge in [0, 0.05) is 15.6 Å². The second-order valence-electron chi connectivity index (χ2n) is 5.65. The summed E-state index contributed by atoms with van der Waals surface area (Å²) in [6.07, 6.45) is 1.58. The minimum Gasteiger partial charge on any atom is -0.490 e. The molecular formula is C19H17Cl2N3O3S. The fraction of sp³-hybridized carbons (Fsp3) is 0.211. The topological polar surface area (TPSA) is 72.3 Å². The normalized spacial score (nSPS) is 15.2. The fourth-order valence-corrected chi connectivity index (χ4v) is 3.41. The zero-order valence-corrected chi connectivity index (χ0v) is 17.3. The number of nitrogens with zero attached hydrogens (tertiary/aromatic N) is 2. The fourth-order valence-electron chi connectivity index (χ4n) is 2.31. The van der Waals surface area contributed by atoms with Crippen LogP contribution in [0.5, 0.6) is 11.5 Å². The zero-order valence-electron chi connectivity index (χ0n) is 14.9. The van der Waals surface area contributed by atoms with Crippen LogP contribution in [-0.4, -0.2) is 29.6 Å². The molecule has 0 aromatic heterocycles. The lowest BCUT2D eigenvalue weighted by Gasteiger charge is -2.13. The smallest absolute Gasteiger partial charge is 0.236 e. The van der Waals surface area contributed by atoms with E-state index >= 15 is 0 Å². The number of halogens is 2. The molecule has 0 unspecified atom stereocenters. The van der Waals surface area contributed by atoms with E-state index in [1.807, 2.05) is 25.1 Å². The maximum Gasteiger partial charge on any atom is 0.236 e. The molecule has 1 aliphatic heterocycles. The molecule has 1 heterocycles. The van der Waals surface area contributed by atoms with Crippen molar-refractivity contribution in [2.24, 2.45) is 10.2 Å². The molecule has 0 radical (unpaired) electrons. The van der Waals surface area contributed by atoms with Gasteiger partial charge in [0.1, 0.15) is 6.61 Å². The molecule has 3 rings (SSSR count). The molecule has 2 aromatic carbocycles. The molecule has 0 aliphatic carbocycles. The second-order valence-corrected chi connectivity index (χ2v) is 7.46. The molecule has 0 bridgehead atoms. The van der Waals surface area contributed by atoms with Gasteiger partial charge < -0.3 is 14.8 Å². The largest absolute Gasteiger partial charge is 0.490 e. The molecule has 0 spiro atoms. The highest BCUT2D eigenvalue weighted by molar-refractivity contribution is 8.15. The van der Waals surface area contributed by atoms with Gasteiger partial charge in [-0.25, -0.2) is 0 Å². The highest BCUT2D eigenvalue weighted by Crippen LogP contribution is 2.30. The Labute approximate surface area is 176 Å². The van der Waals surface area contributed by atoms with E-state index in [1.54, 1.807) is 24.4 Å². The number of amides is 1. The van der Waals surface area contributed by atoms with E-state index in [-0.39, 0.29) is 12.5 Å². The number of rotatable bonds is 7. The standard InChI is InChI=1S/C19H17Cl2N3O3S/c1-2-26-17-7-12(9-22-24-19-23-18(25)11-28-19)3-6-16(17)27-10-13-4-5-14(20)8-15(13)21/h3-9H,2,10-11H2,1H3,(H,23,24,25)/b22-9+. The predicted octanol–water partition coefficient (Wildman–Crippen LogP) is 4.52. The van der Waals surface area contributed by atoms with E-state index in [0.717, 1.165) is 11.1 Å². The molecule has 1 fully saturated rings. The van der Waals surface area contributed by atoms with E-state index in [0.29, 0.717) is 39.1 Å². The van der Waals surface area contributed by atoms with Crippen LogP contribution in [0.25, 0.3) is 0 Å². The van der Waals surface area contributed by atoms with E-state index in [9.17, 15) is 4.79 Å². The van der Waals surface area contributed by atoms with Gasteiger partial charge in [0.05, 0.1) is 18.6 Å². The lowest BCUT2D eigenvalue weighted by atomic mass is 10.2. The second kappa shape index (κ2) is 9.82. The Balaban J connectivity index is 1.70. The van der Waals surface area contributed by atoms with Gasteiger partial charge in [-0.1, -0.05) is 41.0 Å².